The van der Waals surface area contributed by atoms with Crippen LogP contribution in [-0.2, 0) is 21.9 Å². The van der Waals surface area contributed by atoms with Crippen molar-refractivity contribution in [2.24, 2.45) is 11.8 Å². The number of halogens is 8. The van der Waals surface area contributed by atoms with Crippen LogP contribution >= 0.6 is 0 Å². The van der Waals surface area contributed by atoms with E-state index >= 15 is 0 Å². The van der Waals surface area contributed by atoms with Crippen molar-refractivity contribution in [2.45, 2.75) is 44.2 Å². The summed E-state index contributed by atoms with van der Waals surface area (Å²) in [6, 6.07) is -1.74. The summed E-state index contributed by atoms with van der Waals surface area (Å²) in [5.74, 6) is -7.30. The van der Waals surface area contributed by atoms with Crippen LogP contribution in [0.15, 0.2) is 22.7 Å². The molecule has 3 atom stereocenters. The summed E-state index contributed by atoms with van der Waals surface area (Å²) >= 11 is 0. The van der Waals surface area contributed by atoms with E-state index in [1.807, 2.05) is 0 Å². The van der Waals surface area contributed by atoms with E-state index in [-0.39, 0.29) is 38.2 Å². The van der Waals surface area contributed by atoms with E-state index in [0.717, 1.165) is 4.90 Å². The molecule has 15 heteroatoms. The van der Waals surface area contributed by atoms with E-state index in [1.54, 1.807) is 6.92 Å². The molecule has 2 saturated heterocycles. The molecule has 2 amide bonds. The quantitative estimate of drug-likeness (QED) is 0.521. The van der Waals surface area contributed by atoms with Crippen molar-refractivity contribution in [2.75, 3.05) is 19.8 Å². The van der Waals surface area contributed by atoms with Gasteiger partial charge in [0.2, 0.25) is 11.7 Å². The number of carbonyl (C=O) groups is 2. The Morgan fingerprint density at radius 2 is 1.76 bits per heavy atom. The minimum atomic E-state index is -5.14. The van der Waals surface area contributed by atoms with Crippen LogP contribution in [0, 0.1) is 23.5 Å². The van der Waals surface area contributed by atoms with Crippen LogP contribution < -0.4 is 5.32 Å². The molecular weight excluding hydrogens is 534 g/mol. The number of likely N-dealkylation sites (tertiary alicyclic amines) is 1. The number of amides is 2. The highest BCUT2D eigenvalue weighted by Gasteiger charge is 2.44. The summed E-state index contributed by atoms with van der Waals surface area (Å²) in [5.41, 5.74) is -3.02. The van der Waals surface area contributed by atoms with Gasteiger partial charge in [0, 0.05) is 24.1 Å². The van der Waals surface area contributed by atoms with Gasteiger partial charge in [-0.2, -0.15) is 26.3 Å². The first kappa shape index (κ1) is 27.8. The van der Waals surface area contributed by atoms with Crippen LogP contribution in [0.2, 0.25) is 0 Å². The zero-order valence-electron chi connectivity index (χ0n) is 19.6. The molecule has 1 N–H and O–H groups in total. The SMILES string of the molecule is CC[C@@H]1C[C@H](C(=O)NC(c2cc(F)c(C(F)(F)F)cc2F)C2COC2)N(C(=O)c2cc(C(F)(F)F)on2)C1. The molecule has 38 heavy (non-hydrogen) atoms. The molecule has 0 aliphatic carbocycles. The first-order valence-electron chi connectivity index (χ1n) is 11.5. The normalized spacial score (nSPS) is 21.3. The molecule has 0 spiro atoms. The van der Waals surface area contributed by atoms with Crippen LogP contribution in [0.25, 0.3) is 0 Å². The van der Waals surface area contributed by atoms with E-state index in [2.05, 4.69) is 15.0 Å². The minimum absolute atomic E-state index is 0.00209. The van der Waals surface area contributed by atoms with E-state index in [1.165, 1.54) is 0 Å². The molecule has 4 rings (SSSR count). The number of hydrogen-bond donors (Lipinski definition) is 1. The molecular formula is C23H21F8N3O4. The first-order valence-corrected chi connectivity index (χ1v) is 11.5. The van der Waals surface area contributed by atoms with E-state index < -0.39 is 76.4 Å². The summed E-state index contributed by atoms with van der Waals surface area (Å²) in [6.45, 7) is 1.77. The van der Waals surface area contributed by atoms with Crippen LogP contribution in [-0.4, -0.2) is 47.7 Å². The third-order valence-electron chi connectivity index (χ3n) is 6.70. The van der Waals surface area contributed by atoms with Gasteiger partial charge in [0.1, 0.15) is 17.7 Å². The van der Waals surface area contributed by atoms with Crippen molar-refractivity contribution >= 4 is 11.8 Å². The highest BCUT2D eigenvalue weighted by atomic mass is 19.4. The predicted octanol–water partition coefficient (Wildman–Crippen LogP) is 4.74. The monoisotopic (exact) mass is 555 g/mol. The highest BCUT2D eigenvalue weighted by Crippen LogP contribution is 2.37. The maximum atomic E-state index is 14.8. The molecule has 0 bridgehead atoms. The van der Waals surface area contributed by atoms with E-state index in [0.29, 0.717) is 18.6 Å². The van der Waals surface area contributed by atoms with Gasteiger partial charge in [-0.3, -0.25) is 9.59 Å². The van der Waals surface area contributed by atoms with Crippen LogP contribution in [0.1, 0.15) is 53.2 Å². The van der Waals surface area contributed by atoms with Gasteiger partial charge in [0.25, 0.3) is 5.91 Å². The second kappa shape index (κ2) is 10.2. The van der Waals surface area contributed by atoms with Crippen molar-refractivity contribution in [1.82, 2.24) is 15.4 Å². The van der Waals surface area contributed by atoms with Gasteiger partial charge in [-0.25, -0.2) is 8.78 Å². The molecule has 1 aromatic heterocycles. The second-order valence-electron chi connectivity index (χ2n) is 9.19. The Morgan fingerprint density at radius 3 is 2.29 bits per heavy atom. The Kier molecular flexibility index (Phi) is 7.43. The number of aromatic nitrogens is 1. The molecule has 208 valence electrons. The molecule has 2 aliphatic heterocycles. The maximum Gasteiger partial charge on any atom is 0.452 e. The summed E-state index contributed by atoms with van der Waals surface area (Å²) in [6.07, 6.45) is -9.41. The van der Waals surface area contributed by atoms with Gasteiger partial charge >= 0.3 is 12.4 Å². The number of rotatable bonds is 6. The van der Waals surface area contributed by atoms with Gasteiger partial charge < -0.3 is 19.5 Å². The van der Waals surface area contributed by atoms with Crippen LogP contribution in [0.3, 0.4) is 0 Å². The van der Waals surface area contributed by atoms with Crippen molar-refractivity contribution in [3.63, 3.8) is 0 Å². The average Bonchev–Trinajstić information content (AvgIpc) is 3.45. The first-order chi connectivity index (χ1) is 17.7. The number of benzene rings is 1. The number of ether oxygens (including phenoxy) is 1. The van der Waals surface area contributed by atoms with Gasteiger partial charge in [0.05, 0.1) is 24.8 Å². The van der Waals surface area contributed by atoms with Gasteiger partial charge in [-0.05, 0) is 24.5 Å². The minimum Gasteiger partial charge on any atom is -0.381 e. The fourth-order valence-electron chi connectivity index (χ4n) is 4.51. The van der Waals surface area contributed by atoms with E-state index in [9.17, 15) is 44.7 Å². The number of alkyl halides is 6. The Bertz CT molecular complexity index is 1210. The Balaban J connectivity index is 1.60. The van der Waals surface area contributed by atoms with Gasteiger partial charge in [-0.1, -0.05) is 18.5 Å². The summed E-state index contributed by atoms with van der Waals surface area (Å²) in [4.78, 5) is 27.3. The van der Waals surface area contributed by atoms with Crippen molar-refractivity contribution < 1.29 is 54.0 Å². The molecule has 0 radical (unpaired) electrons. The highest BCUT2D eigenvalue weighted by molar-refractivity contribution is 5.96. The second-order valence-corrected chi connectivity index (χ2v) is 9.19. The van der Waals surface area contributed by atoms with Gasteiger partial charge in [0.15, 0.2) is 5.69 Å². The topological polar surface area (TPSA) is 84.7 Å². The Labute approximate surface area is 210 Å². The molecule has 2 aromatic rings. The molecule has 7 nitrogen and oxygen atoms in total. The number of nitrogens with zero attached hydrogens (tertiary/aromatic N) is 2. The molecule has 1 aromatic carbocycles. The zero-order chi connectivity index (χ0) is 28.0. The maximum absolute atomic E-state index is 14.8. The largest absolute Gasteiger partial charge is 0.452 e. The average molecular weight is 555 g/mol. The van der Waals surface area contributed by atoms with Crippen LogP contribution in [0.5, 0.6) is 0 Å². The van der Waals surface area contributed by atoms with Gasteiger partial charge in [-0.15, -0.1) is 0 Å². The van der Waals surface area contributed by atoms with Crippen molar-refractivity contribution in [1.29, 1.82) is 0 Å². The predicted molar refractivity (Wildman–Crippen MR) is 111 cm³/mol. The third-order valence-corrected chi connectivity index (χ3v) is 6.70. The summed E-state index contributed by atoms with van der Waals surface area (Å²) in [5, 5.41) is 5.65. The third kappa shape index (κ3) is 5.47. The van der Waals surface area contributed by atoms with E-state index in [4.69, 9.17) is 4.74 Å². The summed E-state index contributed by atoms with van der Waals surface area (Å²) < 4.78 is 116. The number of hydrogen-bond acceptors (Lipinski definition) is 5. The van der Waals surface area contributed by atoms with Crippen LogP contribution in [0.4, 0.5) is 35.1 Å². The molecule has 3 heterocycles. The lowest BCUT2D eigenvalue weighted by Crippen LogP contribution is -2.50. The smallest absolute Gasteiger partial charge is 0.381 e. The molecule has 2 aliphatic rings. The zero-order valence-corrected chi connectivity index (χ0v) is 19.6. The fourth-order valence-corrected chi connectivity index (χ4v) is 4.51. The lowest BCUT2D eigenvalue weighted by Gasteiger charge is -2.36. The summed E-state index contributed by atoms with van der Waals surface area (Å²) in [7, 11) is 0. The lowest BCUT2D eigenvalue weighted by molar-refractivity contribution is -0.155. The van der Waals surface area contributed by atoms with Crippen molar-refractivity contribution in [3.8, 4) is 0 Å². The fraction of sp³-hybridized carbons (Fsp3) is 0.522. The lowest BCUT2D eigenvalue weighted by atomic mass is 9.89. The Hall–Kier alpha value is -3.23. The standard InChI is InChI=1S/C23H21F8N3O4/c1-2-10-3-17(34(7-10)21(36)16-6-18(38-33-16)23(29,30)31)20(35)32-19(11-8-37-9-11)12-4-15(25)13(5-14(12)24)22(26,27)28/h4-6,10-11,17,19H,2-3,7-9H2,1H3,(H,32,35)/t10-,17-,19?/m1/s1. The van der Waals surface area contributed by atoms with Crippen molar-refractivity contribution in [3.05, 3.63) is 52.4 Å². The number of carbonyl (C=O) groups excluding carboxylic acids is 2. The number of nitrogens with one attached hydrogen (secondary N) is 1. The molecule has 0 saturated carbocycles. The Morgan fingerprint density at radius 1 is 1.08 bits per heavy atom. The molecule has 1 unspecified atom stereocenters. The molecule has 2 fully saturated rings.